The number of aliphatic carboxylic acids is 1. The van der Waals surface area contributed by atoms with Gasteiger partial charge in [-0.3, -0.25) is 9.59 Å². The summed E-state index contributed by atoms with van der Waals surface area (Å²) in [6.45, 7) is 4.75. The van der Waals surface area contributed by atoms with Gasteiger partial charge < -0.3 is 15.2 Å². The van der Waals surface area contributed by atoms with E-state index in [2.05, 4.69) is 10.3 Å². The molecule has 2 heterocycles. The number of amides is 1. The molecule has 0 aliphatic carbocycles. The highest BCUT2D eigenvalue weighted by atomic mass is 32.1. The van der Waals surface area contributed by atoms with Crippen molar-refractivity contribution in [3.05, 3.63) is 15.6 Å². The number of nitrogens with zero attached hydrogens (tertiary/aromatic N) is 1. The van der Waals surface area contributed by atoms with Crippen molar-refractivity contribution in [1.82, 2.24) is 10.3 Å². The van der Waals surface area contributed by atoms with Gasteiger partial charge in [-0.15, -0.1) is 11.3 Å². The molecule has 1 aliphatic rings. The Labute approximate surface area is 127 Å². The van der Waals surface area contributed by atoms with E-state index in [1.165, 1.54) is 11.3 Å². The molecule has 1 saturated heterocycles. The fraction of sp³-hybridized carbons (Fsp3) is 0.643. The zero-order chi connectivity index (χ0) is 15.5. The Balaban J connectivity index is 2.05. The number of carboxylic acid groups (broad SMARTS) is 1. The molecule has 0 radical (unpaired) electrons. The summed E-state index contributed by atoms with van der Waals surface area (Å²) in [6, 6.07) is 0. The van der Waals surface area contributed by atoms with Crippen molar-refractivity contribution in [2.75, 3.05) is 19.8 Å². The maximum absolute atomic E-state index is 12.2. The molecule has 0 unspecified atom stereocenters. The number of carbonyl (C=O) groups excluding carboxylic acids is 1. The van der Waals surface area contributed by atoms with Crippen LogP contribution in [0, 0.1) is 12.3 Å². The van der Waals surface area contributed by atoms with Crippen LogP contribution in [-0.4, -0.2) is 41.7 Å². The number of rotatable bonds is 5. The average Bonchev–Trinajstić information content (AvgIpc) is 2.87. The number of hydrogen-bond donors (Lipinski definition) is 2. The zero-order valence-corrected chi connectivity index (χ0v) is 13.1. The molecule has 21 heavy (non-hydrogen) atoms. The van der Waals surface area contributed by atoms with Crippen LogP contribution in [0.4, 0.5) is 0 Å². The molecule has 116 valence electrons. The third-order valence-electron chi connectivity index (χ3n) is 3.84. The molecule has 0 bridgehead atoms. The fourth-order valence-electron chi connectivity index (χ4n) is 2.37. The predicted octanol–water partition coefficient (Wildman–Crippen LogP) is 1.63. The van der Waals surface area contributed by atoms with Gasteiger partial charge in [-0.25, -0.2) is 4.98 Å². The lowest BCUT2D eigenvalue weighted by molar-refractivity contribution is -0.154. The molecule has 1 amide bonds. The molecule has 1 aromatic rings. The molecule has 2 rings (SSSR count). The Morgan fingerprint density at radius 1 is 1.43 bits per heavy atom. The SMILES string of the molecule is CCc1nc(C)c(C(=O)NCC2(C(=O)O)CCOCC2)s1. The van der Waals surface area contributed by atoms with E-state index in [1.807, 2.05) is 6.92 Å². The Kier molecular flexibility index (Phi) is 4.95. The van der Waals surface area contributed by atoms with Crippen molar-refractivity contribution in [2.24, 2.45) is 5.41 Å². The Hall–Kier alpha value is -1.47. The highest BCUT2D eigenvalue weighted by molar-refractivity contribution is 7.13. The maximum Gasteiger partial charge on any atom is 0.311 e. The minimum atomic E-state index is -0.917. The Morgan fingerprint density at radius 2 is 2.10 bits per heavy atom. The molecule has 1 aliphatic heterocycles. The number of aryl methyl sites for hydroxylation is 2. The van der Waals surface area contributed by atoms with E-state index < -0.39 is 11.4 Å². The topological polar surface area (TPSA) is 88.5 Å². The smallest absolute Gasteiger partial charge is 0.311 e. The highest BCUT2D eigenvalue weighted by Gasteiger charge is 2.40. The lowest BCUT2D eigenvalue weighted by Gasteiger charge is -2.33. The van der Waals surface area contributed by atoms with Crippen LogP contribution < -0.4 is 5.32 Å². The van der Waals surface area contributed by atoms with Gasteiger partial charge in [0.1, 0.15) is 4.88 Å². The average molecular weight is 312 g/mol. The van der Waals surface area contributed by atoms with Crippen molar-refractivity contribution in [3.63, 3.8) is 0 Å². The van der Waals surface area contributed by atoms with Crippen LogP contribution in [0.5, 0.6) is 0 Å². The number of ether oxygens (including phenoxy) is 1. The van der Waals surface area contributed by atoms with Crippen molar-refractivity contribution in [1.29, 1.82) is 0 Å². The van der Waals surface area contributed by atoms with Crippen LogP contribution in [0.25, 0.3) is 0 Å². The van der Waals surface area contributed by atoms with E-state index in [4.69, 9.17) is 4.74 Å². The monoisotopic (exact) mass is 312 g/mol. The van der Waals surface area contributed by atoms with E-state index in [9.17, 15) is 14.7 Å². The van der Waals surface area contributed by atoms with E-state index in [1.54, 1.807) is 6.92 Å². The lowest BCUT2D eigenvalue weighted by atomic mass is 9.80. The van der Waals surface area contributed by atoms with Crippen LogP contribution in [-0.2, 0) is 16.0 Å². The van der Waals surface area contributed by atoms with Crippen LogP contribution in [0.3, 0.4) is 0 Å². The Morgan fingerprint density at radius 3 is 2.62 bits per heavy atom. The van der Waals surface area contributed by atoms with Gasteiger partial charge in [-0.2, -0.15) is 0 Å². The van der Waals surface area contributed by atoms with Crippen LogP contribution >= 0.6 is 11.3 Å². The highest BCUT2D eigenvalue weighted by Crippen LogP contribution is 2.30. The second-order valence-electron chi connectivity index (χ2n) is 5.26. The molecule has 7 heteroatoms. The summed E-state index contributed by atoms with van der Waals surface area (Å²) in [5.74, 6) is -1.11. The lowest BCUT2D eigenvalue weighted by Crippen LogP contribution is -2.46. The Bertz CT molecular complexity index is 535. The maximum atomic E-state index is 12.2. The molecule has 0 aromatic carbocycles. The van der Waals surface area contributed by atoms with Gasteiger partial charge in [0.05, 0.1) is 16.1 Å². The molecule has 0 spiro atoms. The minimum absolute atomic E-state index is 0.128. The number of carboxylic acids is 1. The summed E-state index contributed by atoms with van der Waals surface area (Å²) in [4.78, 5) is 28.7. The van der Waals surface area contributed by atoms with E-state index in [-0.39, 0.29) is 12.5 Å². The minimum Gasteiger partial charge on any atom is -0.481 e. The summed E-state index contributed by atoms with van der Waals surface area (Å²) in [7, 11) is 0. The molecule has 0 saturated carbocycles. The van der Waals surface area contributed by atoms with Crippen molar-refractivity contribution < 1.29 is 19.4 Å². The first kappa shape index (κ1) is 15.9. The molecule has 1 fully saturated rings. The van der Waals surface area contributed by atoms with Crippen molar-refractivity contribution in [2.45, 2.75) is 33.1 Å². The van der Waals surface area contributed by atoms with Crippen LogP contribution in [0.15, 0.2) is 0 Å². The number of aromatic nitrogens is 1. The number of nitrogens with one attached hydrogen (secondary N) is 1. The van der Waals surface area contributed by atoms with Gasteiger partial charge in [-0.1, -0.05) is 6.92 Å². The zero-order valence-electron chi connectivity index (χ0n) is 12.3. The number of hydrogen-bond acceptors (Lipinski definition) is 5. The molecular weight excluding hydrogens is 292 g/mol. The fourth-order valence-corrected chi connectivity index (χ4v) is 3.29. The van der Waals surface area contributed by atoms with Crippen LogP contribution in [0.1, 0.15) is 40.1 Å². The van der Waals surface area contributed by atoms with Gasteiger partial charge in [0.15, 0.2) is 0 Å². The van der Waals surface area contributed by atoms with Crippen molar-refractivity contribution >= 4 is 23.2 Å². The molecule has 2 N–H and O–H groups in total. The third-order valence-corrected chi connectivity index (χ3v) is 5.14. The van der Waals surface area contributed by atoms with Crippen LogP contribution in [0.2, 0.25) is 0 Å². The summed E-state index contributed by atoms with van der Waals surface area (Å²) >= 11 is 1.37. The second kappa shape index (κ2) is 6.53. The molecule has 6 nitrogen and oxygen atoms in total. The van der Waals surface area contributed by atoms with E-state index >= 15 is 0 Å². The summed E-state index contributed by atoms with van der Waals surface area (Å²) < 4.78 is 5.22. The molecule has 1 aromatic heterocycles. The predicted molar refractivity (Wildman–Crippen MR) is 78.7 cm³/mol. The van der Waals surface area contributed by atoms with Gasteiger partial charge in [0.2, 0.25) is 0 Å². The molecular formula is C14H20N2O4S. The summed E-state index contributed by atoms with van der Waals surface area (Å²) in [5.41, 5.74) is -0.217. The van der Waals surface area contributed by atoms with E-state index in [0.29, 0.717) is 36.6 Å². The third kappa shape index (κ3) is 3.41. The number of thiazole rings is 1. The first-order valence-corrected chi connectivity index (χ1v) is 7.86. The van der Waals surface area contributed by atoms with Crippen molar-refractivity contribution in [3.8, 4) is 0 Å². The summed E-state index contributed by atoms with van der Waals surface area (Å²) in [6.07, 6.45) is 1.63. The first-order chi connectivity index (χ1) is 9.98. The molecule has 0 atom stereocenters. The number of carbonyl (C=O) groups is 2. The van der Waals surface area contributed by atoms with E-state index in [0.717, 1.165) is 11.4 Å². The second-order valence-corrected chi connectivity index (χ2v) is 6.34. The summed E-state index contributed by atoms with van der Waals surface area (Å²) in [5, 5.41) is 13.1. The van der Waals surface area contributed by atoms with Gasteiger partial charge >= 0.3 is 5.97 Å². The van der Waals surface area contributed by atoms with Gasteiger partial charge in [0.25, 0.3) is 5.91 Å². The largest absolute Gasteiger partial charge is 0.481 e. The standard InChI is InChI=1S/C14H20N2O4S/c1-3-10-16-9(2)11(21-10)12(17)15-8-14(13(18)19)4-6-20-7-5-14/h3-8H2,1-2H3,(H,15,17)(H,18,19). The van der Waals surface area contributed by atoms with Gasteiger partial charge in [-0.05, 0) is 26.2 Å². The quantitative estimate of drug-likeness (QED) is 0.862. The van der Waals surface area contributed by atoms with Gasteiger partial charge in [0, 0.05) is 19.8 Å². The first-order valence-electron chi connectivity index (χ1n) is 7.04. The normalized spacial score (nSPS) is 17.4.